The van der Waals surface area contributed by atoms with Crippen LogP contribution in [0.15, 0.2) is 0 Å². The molecule has 0 bridgehead atoms. The Morgan fingerprint density at radius 3 is 2.46 bits per heavy atom. The maximum absolute atomic E-state index is 8.81. The third-order valence-electron chi connectivity index (χ3n) is 3.57. The van der Waals surface area contributed by atoms with Crippen LogP contribution in [0.4, 0.5) is 0 Å². The van der Waals surface area contributed by atoms with Gasteiger partial charge in [0.1, 0.15) is 0 Å². The molecule has 0 heterocycles. The lowest BCUT2D eigenvalue weighted by molar-refractivity contribution is 0.205. The Labute approximate surface area is 82.5 Å². The quantitative estimate of drug-likeness (QED) is 0.694. The number of aliphatic hydroxyl groups is 1. The molecule has 1 aliphatic rings. The molecule has 0 amide bonds. The molecule has 1 saturated carbocycles. The van der Waals surface area contributed by atoms with Gasteiger partial charge >= 0.3 is 0 Å². The van der Waals surface area contributed by atoms with Crippen molar-refractivity contribution < 1.29 is 5.11 Å². The first kappa shape index (κ1) is 11.0. The molecule has 0 radical (unpaired) electrons. The highest BCUT2D eigenvalue weighted by atomic mass is 16.2. The Morgan fingerprint density at radius 2 is 1.92 bits per heavy atom. The Morgan fingerprint density at radius 1 is 1.23 bits per heavy atom. The minimum Gasteiger partial charge on any atom is -0.396 e. The highest BCUT2D eigenvalue weighted by molar-refractivity contribution is 4.73. The molecule has 0 saturated heterocycles. The highest BCUT2D eigenvalue weighted by Gasteiger charge is 2.21. The van der Waals surface area contributed by atoms with Gasteiger partial charge in [0, 0.05) is 6.61 Å². The van der Waals surface area contributed by atoms with Gasteiger partial charge in [-0.3, -0.25) is 0 Å². The van der Waals surface area contributed by atoms with Gasteiger partial charge in [0.15, 0.2) is 0 Å². The van der Waals surface area contributed by atoms with Crippen molar-refractivity contribution in [3.8, 4) is 0 Å². The first-order valence-electron chi connectivity index (χ1n) is 5.99. The van der Waals surface area contributed by atoms with Crippen LogP contribution in [0.5, 0.6) is 0 Å². The van der Waals surface area contributed by atoms with E-state index in [1.165, 1.54) is 44.9 Å². The molecule has 13 heavy (non-hydrogen) atoms. The lowest BCUT2D eigenvalue weighted by atomic mass is 9.77. The summed E-state index contributed by atoms with van der Waals surface area (Å²) < 4.78 is 0. The molecule has 1 atom stereocenters. The standard InChI is InChI=1S/C12H24O/c1-2-11(9-6-10-13)12-7-4-3-5-8-12/h11-13H,2-10H2,1H3. The van der Waals surface area contributed by atoms with Crippen LogP contribution >= 0.6 is 0 Å². The van der Waals surface area contributed by atoms with Crippen LogP contribution in [0.25, 0.3) is 0 Å². The minimum absolute atomic E-state index is 0.378. The Hall–Kier alpha value is -0.0400. The number of aliphatic hydroxyl groups excluding tert-OH is 1. The maximum atomic E-state index is 8.81. The predicted octanol–water partition coefficient (Wildman–Crippen LogP) is 3.37. The van der Waals surface area contributed by atoms with Gasteiger partial charge in [0.2, 0.25) is 0 Å². The summed E-state index contributed by atoms with van der Waals surface area (Å²) in [6.45, 7) is 2.68. The molecule has 0 spiro atoms. The molecular weight excluding hydrogens is 160 g/mol. The highest BCUT2D eigenvalue weighted by Crippen LogP contribution is 2.33. The van der Waals surface area contributed by atoms with Crippen LogP contribution in [0.3, 0.4) is 0 Å². The van der Waals surface area contributed by atoms with E-state index in [2.05, 4.69) is 6.92 Å². The van der Waals surface area contributed by atoms with Crippen LogP contribution in [0.1, 0.15) is 58.3 Å². The van der Waals surface area contributed by atoms with E-state index >= 15 is 0 Å². The van der Waals surface area contributed by atoms with Gasteiger partial charge in [-0.2, -0.15) is 0 Å². The molecule has 78 valence electrons. The molecule has 1 rings (SSSR count). The first-order chi connectivity index (χ1) is 6.38. The van der Waals surface area contributed by atoms with Crippen molar-refractivity contribution >= 4 is 0 Å². The maximum Gasteiger partial charge on any atom is 0.0431 e. The molecule has 0 aromatic carbocycles. The molecule has 1 unspecified atom stereocenters. The molecule has 0 aromatic rings. The molecule has 1 aliphatic carbocycles. The summed E-state index contributed by atoms with van der Waals surface area (Å²) in [7, 11) is 0. The van der Waals surface area contributed by atoms with Gasteiger partial charge < -0.3 is 5.11 Å². The van der Waals surface area contributed by atoms with Crippen molar-refractivity contribution in [1.29, 1.82) is 0 Å². The molecule has 0 aromatic heterocycles. The van der Waals surface area contributed by atoms with Crippen molar-refractivity contribution in [1.82, 2.24) is 0 Å². The van der Waals surface area contributed by atoms with Gasteiger partial charge in [0.05, 0.1) is 0 Å². The van der Waals surface area contributed by atoms with E-state index in [0.29, 0.717) is 6.61 Å². The fourth-order valence-corrected chi connectivity index (χ4v) is 2.73. The summed E-state index contributed by atoms with van der Waals surface area (Å²) in [5.74, 6) is 1.87. The third-order valence-corrected chi connectivity index (χ3v) is 3.57. The Balaban J connectivity index is 2.26. The molecule has 1 nitrogen and oxygen atoms in total. The lowest BCUT2D eigenvalue weighted by Gasteiger charge is -2.29. The van der Waals surface area contributed by atoms with Crippen LogP contribution in [-0.4, -0.2) is 11.7 Å². The van der Waals surface area contributed by atoms with E-state index in [1.54, 1.807) is 0 Å². The average molecular weight is 184 g/mol. The first-order valence-corrected chi connectivity index (χ1v) is 5.99. The van der Waals surface area contributed by atoms with Crippen LogP contribution < -0.4 is 0 Å². The SMILES string of the molecule is CCC(CCCO)C1CCCCC1. The van der Waals surface area contributed by atoms with E-state index in [4.69, 9.17) is 5.11 Å². The summed E-state index contributed by atoms with van der Waals surface area (Å²) in [5, 5.41) is 8.81. The normalized spacial score (nSPS) is 21.7. The van der Waals surface area contributed by atoms with E-state index in [1.807, 2.05) is 0 Å². The smallest absolute Gasteiger partial charge is 0.0431 e. The second kappa shape index (κ2) is 6.42. The van der Waals surface area contributed by atoms with Gasteiger partial charge in [0.25, 0.3) is 0 Å². The van der Waals surface area contributed by atoms with Gasteiger partial charge in [-0.1, -0.05) is 45.4 Å². The van der Waals surface area contributed by atoms with E-state index < -0.39 is 0 Å². The van der Waals surface area contributed by atoms with Crippen molar-refractivity contribution in [3.63, 3.8) is 0 Å². The van der Waals surface area contributed by atoms with Crippen LogP contribution in [0.2, 0.25) is 0 Å². The van der Waals surface area contributed by atoms with Gasteiger partial charge in [-0.15, -0.1) is 0 Å². The van der Waals surface area contributed by atoms with Gasteiger partial charge in [-0.05, 0) is 24.7 Å². The number of hydrogen-bond acceptors (Lipinski definition) is 1. The zero-order chi connectivity index (χ0) is 9.52. The molecule has 1 fully saturated rings. The van der Waals surface area contributed by atoms with E-state index in [-0.39, 0.29) is 0 Å². The Kier molecular flexibility index (Phi) is 5.45. The summed E-state index contributed by atoms with van der Waals surface area (Å²) in [4.78, 5) is 0. The largest absolute Gasteiger partial charge is 0.396 e. The summed E-state index contributed by atoms with van der Waals surface area (Å²) >= 11 is 0. The third kappa shape index (κ3) is 3.68. The van der Waals surface area contributed by atoms with E-state index in [9.17, 15) is 0 Å². The van der Waals surface area contributed by atoms with Crippen molar-refractivity contribution in [2.75, 3.05) is 6.61 Å². The topological polar surface area (TPSA) is 20.2 Å². The zero-order valence-corrected chi connectivity index (χ0v) is 8.97. The predicted molar refractivity (Wildman–Crippen MR) is 56.7 cm³/mol. The second-order valence-corrected chi connectivity index (χ2v) is 4.43. The van der Waals surface area contributed by atoms with Crippen molar-refractivity contribution in [2.24, 2.45) is 11.8 Å². The van der Waals surface area contributed by atoms with Crippen LogP contribution in [0, 0.1) is 11.8 Å². The lowest BCUT2D eigenvalue weighted by Crippen LogP contribution is -2.17. The molecular formula is C12H24O. The van der Waals surface area contributed by atoms with Gasteiger partial charge in [-0.25, -0.2) is 0 Å². The fourth-order valence-electron chi connectivity index (χ4n) is 2.73. The summed E-state index contributed by atoms with van der Waals surface area (Å²) in [6.07, 6.45) is 10.8. The fraction of sp³-hybridized carbons (Fsp3) is 1.00. The zero-order valence-electron chi connectivity index (χ0n) is 8.97. The molecule has 1 heteroatoms. The second-order valence-electron chi connectivity index (χ2n) is 4.43. The Bertz CT molecular complexity index is 116. The number of hydrogen-bond donors (Lipinski definition) is 1. The number of rotatable bonds is 5. The molecule has 0 aliphatic heterocycles. The summed E-state index contributed by atoms with van der Waals surface area (Å²) in [6, 6.07) is 0. The summed E-state index contributed by atoms with van der Waals surface area (Å²) in [5.41, 5.74) is 0. The average Bonchev–Trinajstić information content (AvgIpc) is 2.21. The molecule has 1 N–H and O–H groups in total. The van der Waals surface area contributed by atoms with Crippen molar-refractivity contribution in [3.05, 3.63) is 0 Å². The monoisotopic (exact) mass is 184 g/mol. The van der Waals surface area contributed by atoms with Crippen molar-refractivity contribution in [2.45, 2.75) is 58.3 Å². The van der Waals surface area contributed by atoms with E-state index in [0.717, 1.165) is 18.3 Å². The van der Waals surface area contributed by atoms with Crippen LogP contribution in [-0.2, 0) is 0 Å². The minimum atomic E-state index is 0.378.